The summed E-state index contributed by atoms with van der Waals surface area (Å²) in [5.74, 6) is -1.95. The Morgan fingerprint density at radius 1 is 1.00 bits per heavy atom. The molecule has 4 aromatic rings. The zero-order valence-electron chi connectivity index (χ0n) is 18.6. The molecule has 3 heterocycles. The van der Waals surface area contributed by atoms with Crippen LogP contribution >= 0.6 is 0 Å². The molecule has 0 amide bonds. The Kier molecular flexibility index (Phi) is 5.95. The molecule has 11 heteroatoms. The number of likely N-dealkylation sites (N-methyl/N-ethyl adjacent to an activating group) is 1. The van der Waals surface area contributed by atoms with Crippen molar-refractivity contribution in [2.75, 3.05) is 39.0 Å². The Morgan fingerprint density at radius 2 is 1.76 bits per heavy atom. The Bertz CT molecular complexity index is 1300. The molecule has 0 spiro atoms. The van der Waals surface area contributed by atoms with Crippen molar-refractivity contribution in [1.82, 2.24) is 40.0 Å². The third-order valence-corrected chi connectivity index (χ3v) is 5.89. The van der Waals surface area contributed by atoms with Gasteiger partial charge < -0.3 is 10.6 Å². The predicted octanol–water partition coefficient (Wildman–Crippen LogP) is 2.39. The second kappa shape index (κ2) is 9.20. The van der Waals surface area contributed by atoms with Crippen molar-refractivity contribution in [3.63, 3.8) is 0 Å². The first-order valence-electron chi connectivity index (χ1n) is 10.9. The van der Waals surface area contributed by atoms with Crippen LogP contribution in [0.5, 0.6) is 0 Å². The first-order chi connectivity index (χ1) is 16.5. The lowest BCUT2D eigenvalue weighted by Crippen LogP contribution is -2.43. The molecule has 1 aliphatic heterocycles. The molecule has 0 bridgehead atoms. The first-order valence-corrected chi connectivity index (χ1v) is 10.9. The maximum absolute atomic E-state index is 14.4. The number of halogens is 2. The van der Waals surface area contributed by atoms with E-state index in [2.05, 4.69) is 54.5 Å². The number of rotatable bonds is 5. The summed E-state index contributed by atoms with van der Waals surface area (Å²) in [5, 5.41) is 11.3. The Hall–Kier alpha value is -3.83. The second-order valence-electron chi connectivity index (χ2n) is 8.25. The van der Waals surface area contributed by atoms with Crippen LogP contribution in [-0.2, 0) is 6.54 Å². The minimum absolute atomic E-state index is 0.0584. The number of aromatic nitrogens is 6. The van der Waals surface area contributed by atoms with Gasteiger partial charge in [0.2, 0.25) is 5.82 Å². The number of piperazine rings is 1. The van der Waals surface area contributed by atoms with E-state index in [0.717, 1.165) is 49.0 Å². The Morgan fingerprint density at radius 3 is 2.53 bits per heavy atom. The third kappa shape index (κ3) is 4.35. The van der Waals surface area contributed by atoms with Gasteiger partial charge in [0.25, 0.3) is 0 Å². The van der Waals surface area contributed by atoms with Crippen LogP contribution in [0.1, 0.15) is 5.56 Å². The van der Waals surface area contributed by atoms with Gasteiger partial charge in [-0.2, -0.15) is 4.68 Å². The lowest BCUT2D eigenvalue weighted by atomic mass is 10.1. The number of hydrogen-bond acceptors (Lipinski definition) is 8. The van der Waals surface area contributed by atoms with E-state index in [1.54, 1.807) is 6.20 Å². The summed E-state index contributed by atoms with van der Waals surface area (Å²) in [5.41, 5.74) is 8.68. The molecule has 0 saturated carbocycles. The highest BCUT2D eigenvalue weighted by Crippen LogP contribution is 2.27. The normalized spacial score (nSPS) is 15.0. The van der Waals surface area contributed by atoms with Crippen LogP contribution in [0.2, 0.25) is 0 Å². The van der Waals surface area contributed by atoms with Crippen LogP contribution in [0.3, 0.4) is 0 Å². The van der Waals surface area contributed by atoms with Gasteiger partial charge in [-0.1, -0.05) is 30.3 Å². The van der Waals surface area contributed by atoms with Crippen molar-refractivity contribution in [1.29, 1.82) is 0 Å². The van der Waals surface area contributed by atoms with Gasteiger partial charge in [0.15, 0.2) is 23.1 Å². The summed E-state index contributed by atoms with van der Waals surface area (Å²) in [6.07, 6.45) is 1.56. The van der Waals surface area contributed by atoms with E-state index in [-0.39, 0.29) is 23.0 Å². The zero-order valence-corrected chi connectivity index (χ0v) is 18.6. The highest BCUT2D eigenvalue weighted by atomic mass is 19.2. The fourth-order valence-corrected chi connectivity index (χ4v) is 3.90. The Balaban J connectivity index is 1.42. The van der Waals surface area contributed by atoms with E-state index >= 15 is 0 Å². The molecule has 1 saturated heterocycles. The minimum Gasteiger partial charge on any atom is -0.382 e. The van der Waals surface area contributed by atoms with Crippen molar-refractivity contribution >= 4 is 5.82 Å². The van der Waals surface area contributed by atoms with Crippen LogP contribution in [-0.4, -0.2) is 73.2 Å². The molecule has 34 heavy (non-hydrogen) atoms. The number of nitrogens with two attached hydrogens (primary N) is 1. The van der Waals surface area contributed by atoms with Crippen molar-refractivity contribution in [3.8, 4) is 28.5 Å². The van der Waals surface area contributed by atoms with Crippen molar-refractivity contribution in [3.05, 3.63) is 65.9 Å². The quantitative estimate of drug-likeness (QED) is 0.482. The number of benzene rings is 2. The van der Waals surface area contributed by atoms with Gasteiger partial charge in [-0.05, 0) is 35.2 Å². The zero-order chi connectivity index (χ0) is 23.7. The fraction of sp³-hybridized carbons (Fsp3) is 0.261. The summed E-state index contributed by atoms with van der Waals surface area (Å²) in [4.78, 5) is 13.6. The van der Waals surface area contributed by atoms with E-state index in [1.807, 2.05) is 12.1 Å². The lowest BCUT2D eigenvalue weighted by molar-refractivity contribution is 0.148. The van der Waals surface area contributed by atoms with E-state index in [4.69, 9.17) is 5.73 Å². The maximum atomic E-state index is 14.4. The lowest BCUT2D eigenvalue weighted by Gasteiger charge is -2.32. The summed E-state index contributed by atoms with van der Waals surface area (Å²) in [7, 11) is 2.14. The molecule has 2 aromatic heterocycles. The van der Waals surface area contributed by atoms with E-state index < -0.39 is 11.6 Å². The summed E-state index contributed by atoms with van der Waals surface area (Å²) >= 11 is 0. The van der Waals surface area contributed by atoms with Gasteiger partial charge in [-0.3, -0.25) is 4.90 Å². The van der Waals surface area contributed by atoms with Gasteiger partial charge in [0.05, 0.1) is 11.9 Å². The average molecular weight is 463 g/mol. The molecular formula is C23H23F2N9. The minimum atomic E-state index is -1.07. The SMILES string of the molecule is CN1CCN(Cc2ccc(-c3cnc(N)c(-c4nnnn4-c4cccc(F)c4F)n3)cc2)CC1. The van der Waals surface area contributed by atoms with Crippen LogP contribution in [0, 0.1) is 11.6 Å². The van der Waals surface area contributed by atoms with E-state index in [9.17, 15) is 8.78 Å². The van der Waals surface area contributed by atoms with Gasteiger partial charge in [-0.25, -0.2) is 18.7 Å². The average Bonchev–Trinajstić information content (AvgIpc) is 3.33. The molecule has 2 N–H and O–H groups in total. The monoisotopic (exact) mass is 463 g/mol. The van der Waals surface area contributed by atoms with Crippen LogP contribution in [0.4, 0.5) is 14.6 Å². The van der Waals surface area contributed by atoms with Crippen molar-refractivity contribution in [2.45, 2.75) is 6.54 Å². The second-order valence-corrected chi connectivity index (χ2v) is 8.25. The first kappa shape index (κ1) is 22.0. The van der Waals surface area contributed by atoms with Crippen LogP contribution < -0.4 is 5.73 Å². The number of anilines is 1. The summed E-state index contributed by atoms with van der Waals surface area (Å²) in [6, 6.07) is 11.8. The number of nitrogens with zero attached hydrogens (tertiary/aromatic N) is 8. The van der Waals surface area contributed by atoms with Gasteiger partial charge in [-0.15, -0.1) is 5.10 Å². The molecule has 2 aromatic carbocycles. The van der Waals surface area contributed by atoms with E-state index in [1.165, 1.54) is 17.7 Å². The number of tetrazole rings is 1. The van der Waals surface area contributed by atoms with Crippen molar-refractivity contribution < 1.29 is 8.78 Å². The topological polar surface area (TPSA) is 102 Å². The van der Waals surface area contributed by atoms with Gasteiger partial charge in [0, 0.05) is 38.3 Å². The highest BCUT2D eigenvalue weighted by molar-refractivity contribution is 5.69. The summed E-state index contributed by atoms with van der Waals surface area (Å²) in [6.45, 7) is 5.12. The highest BCUT2D eigenvalue weighted by Gasteiger charge is 2.21. The maximum Gasteiger partial charge on any atom is 0.209 e. The molecule has 0 atom stereocenters. The van der Waals surface area contributed by atoms with Crippen LogP contribution in [0.15, 0.2) is 48.7 Å². The molecule has 0 radical (unpaired) electrons. The van der Waals surface area contributed by atoms with Gasteiger partial charge >= 0.3 is 0 Å². The van der Waals surface area contributed by atoms with E-state index in [0.29, 0.717) is 5.69 Å². The smallest absolute Gasteiger partial charge is 0.209 e. The molecule has 0 aliphatic carbocycles. The predicted molar refractivity (Wildman–Crippen MR) is 123 cm³/mol. The molecular weight excluding hydrogens is 440 g/mol. The number of hydrogen-bond donors (Lipinski definition) is 1. The third-order valence-electron chi connectivity index (χ3n) is 5.89. The van der Waals surface area contributed by atoms with Crippen LogP contribution in [0.25, 0.3) is 28.5 Å². The summed E-state index contributed by atoms with van der Waals surface area (Å²) < 4.78 is 29.2. The largest absolute Gasteiger partial charge is 0.382 e. The van der Waals surface area contributed by atoms with Crippen molar-refractivity contribution in [2.24, 2.45) is 0 Å². The number of nitrogen functional groups attached to an aromatic ring is 1. The molecule has 1 aliphatic rings. The standard InChI is InChI=1S/C23H23F2N9/c1-32-9-11-33(12-10-32)14-15-5-7-16(8-6-15)18-13-27-22(26)21(28-18)23-29-30-31-34(23)19-4-2-3-17(24)20(19)25/h2-8,13H,9-12,14H2,1H3,(H2,26,27). The molecule has 174 valence electrons. The molecule has 5 rings (SSSR count). The fourth-order valence-electron chi connectivity index (χ4n) is 3.90. The van der Waals surface area contributed by atoms with Gasteiger partial charge in [0.1, 0.15) is 5.69 Å². The Labute approximate surface area is 194 Å². The molecule has 9 nitrogen and oxygen atoms in total. The molecule has 1 fully saturated rings. The molecule has 0 unspecified atom stereocenters.